The summed E-state index contributed by atoms with van der Waals surface area (Å²) < 4.78 is 55.1. The third kappa shape index (κ3) is 3.04. The van der Waals surface area contributed by atoms with Crippen molar-refractivity contribution in [1.29, 1.82) is 0 Å². The summed E-state index contributed by atoms with van der Waals surface area (Å²) in [6.07, 6.45) is -3.46. The Morgan fingerprint density at radius 2 is 1.81 bits per heavy atom. The fraction of sp³-hybridized carbons (Fsp3) is 0.211. The molecule has 2 unspecified atom stereocenters. The first-order chi connectivity index (χ1) is 12.1. The number of nitrogens with zero attached hydrogens (tertiary/aromatic N) is 1. The van der Waals surface area contributed by atoms with Gasteiger partial charge in [0.2, 0.25) is 0 Å². The molecule has 0 saturated heterocycles. The van der Waals surface area contributed by atoms with E-state index in [-0.39, 0.29) is 16.1 Å². The Bertz CT molecular complexity index is 960. The molecule has 7 heteroatoms. The first-order valence-electron chi connectivity index (χ1n) is 7.74. The quantitative estimate of drug-likeness (QED) is 0.599. The van der Waals surface area contributed by atoms with E-state index in [0.717, 1.165) is 18.2 Å². The average molecular weight is 384 g/mol. The summed E-state index contributed by atoms with van der Waals surface area (Å²) in [4.78, 5) is 4.07. The van der Waals surface area contributed by atoms with E-state index in [9.17, 15) is 22.7 Å². The molecule has 0 amide bonds. The fourth-order valence-corrected chi connectivity index (χ4v) is 3.38. The Hall–Kier alpha value is -2.18. The van der Waals surface area contributed by atoms with Gasteiger partial charge in [-0.25, -0.2) is 4.39 Å². The lowest BCUT2D eigenvalue weighted by molar-refractivity contribution is -0.274. The predicted molar refractivity (Wildman–Crippen MR) is 91.5 cm³/mol. The van der Waals surface area contributed by atoms with Crippen LogP contribution in [0.4, 0.5) is 17.6 Å². The maximum absolute atomic E-state index is 14.0. The van der Waals surface area contributed by atoms with Crippen LogP contribution in [0.15, 0.2) is 54.7 Å². The van der Waals surface area contributed by atoms with Gasteiger partial charge < -0.3 is 5.11 Å². The minimum atomic E-state index is -4.99. The van der Waals surface area contributed by atoms with E-state index < -0.39 is 23.5 Å². The maximum atomic E-state index is 14.0. The molecule has 3 rings (SSSR count). The van der Waals surface area contributed by atoms with Gasteiger partial charge in [-0.3, -0.25) is 4.98 Å². The van der Waals surface area contributed by atoms with E-state index in [4.69, 9.17) is 11.6 Å². The molecule has 0 bridgehead atoms. The SMILES string of the molecule is CC(c1ccc(F)cc1Cl)C(O)(c1ccc2ncccc2c1)C(F)(F)F. The molecule has 2 atom stereocenters. The van der Waals surface area contributed by atoms with Crippen molar-refractivity contribution >= 4 is 22.5 Å². The molecule has 1 N–H and O–H groups in total. The van der Waals surface area contributed by atoms with Crippen LogP contribution in [0, 0.1) is 5.82 Å². The second-order valence-electron chi connectivity index (χ2n) is 6.06. The normalized spacial score (nSPS) is 15.7. The highest BCUT2D eigenvalue weighted by molar-refractivity contribution is 6.31. The molecular formula is C19H14ClF4NO. The van der Waals surface area contributed by atoms with Gasteiger partial charge in [0.05, 0.1) is 5.52 Å². The monoisotopic (exact) mass is 383 g/mol. The summed E-state index contributed by atoms with van der Waals surface area (Å²) in [5, 5.41) is 11.1. The fourth-order valence-electron chi connectivity index (χ4n) is 3.05. The zero-order valence-electron chi connectivity index (χ0n) is 13.6. The van der Waals surface area contributed by atoms with Gasteiger partial charge in [-0.2, -0.15) is 13.2 Å². The topological polar surface area (TPSA) is 33.1 Å². The molecule has 0 aliphatic carbocycles. The summed E-state index contributed by atoms with van der Waals surface area (Å²) in [6.45, 7) is 1.21. The number of benzene rings is 2. The lowest BCUT2D eigenvalue weighted by Crippen LogP contribution is -2.46. The van der Waals surface area contributed by atoms with Gasteiger partial charge in [0.15, 0.2) is 5.60 Å². The molecule has 0 aliphatic heterocycles. The minimum absolute atomic E-state index is 0.000764. The van der Waals surface area contributed by atoms with Gasteiger partial charge in [0, 0.05) is 22.5 Å². The van der Waals surface area contributed by atoms with Crippen LogP contribution in [0.1, 0.15) is 24.0 Å². The highest BCUT2D eigenvalue weighted by Gasteiger charge is 2.59. The van der Waals surface area contributed by atoms with Crippen molar-refractivity contribution < 1.29 is 22.7 Å². The Morgan fingerprint density at radius 1 is 1.08 bits per heavy atom. The van der Waals surface area contributed by atoms with Crippen LogP contribution >= 0.6 is 11.6 Å². The molecule has 1 aromatic heterocycles. The third-order valence-electron chi connectivity index (χ3n) is 4.53. The molecule has 0 aliphatic rings. The van der Waals surface area contributed by atoms with E-state index >= 15 is 0 Å². The summed E-state index contributed by atoms with van der Waals surface area (Å²) >= 11 is 5.93. The molecule has 0 saturated carbocycles. The first-order valence-corrected chi connectivity index (χ1v) is 8.11. The number of aromatic nitrogens is 1. The number of halogens is 5. The van der Waals surface area contributed by atoms with Crippen molar-refractivity contribution in [1.82, 2.24) is 4.98 Å². The number of hydrogen-bond acceptors (Lipinski definition) is 2. The van der Waals surface area contributed by atoms with Crippen LogP contribution in [0.3, 0.4) is 0 Å². The van der Waals surface area contributed by atoms with E-state index in [0.29, 0.717) is 10.9 Å². The second kappa shape index (κ2) is 6.52. The Balaban J connectivity index is 2.19. The minimum Gasteiger partial charge on any atom is -0.376 e. The smallest absolute Gasteiger partial charge is 0.376 e. The lowest BCUT2D eigenvalue weighted by atomic mass is 9.77. The first kappa shape index (κ1) is 18.6. The largest absolute Gasteiger partial charge is 0.422 e. The molecule has 0 spiro atoms. The van der Waals surface area contributed by atoms with Crippen molar-refractivity contribution in [2.24, 2.45) is 0 Å². The van der Waals surface area contributed by atoms with Crippen LogP contribution in [-0.2, 0) is 5.60 Å². The Labute approximate surface area is 152 Å². The van der Waals surface area contributed by atoms with Crippen molar-refractivity contribution in [3.8, 4) is 0 Å². The zero-order valence-corrected chi connectivity index (χ0v) is 14.3. The highest BCUT2D eigenvalue weighted by Crippen LogP contribution is 2.50. The summed E-state index contributed by atoms with van der Waals surface area (Å²) in [5.74, 6) is -2.14. The van der Waals surface area contributed by atoms with Crippen LogP contribution in [0.25, 0.3) is 10.9 Å². The van der Waals surface area contributed by atoms with Crippen molar-refractivity contribution in [3.63, 3.8) is 0 Å². The van der Waals surface area contributed by atoms with Gasteiger partial charge in [0.1, 0.15) is 5.82 Å². The van der Waals surface area contributed by atoms with Gasteiger partial charge >= 0.3 is 6.18 Å². The number of pyridine rings is 1. The van der Waals surface area contributed by atoms with Crippen LogP contribution in [-0.4, -0.2) is 16.3 Å². The standard InChI is InChI=1S/C19H14ClF4NO/c1-11(15-6-5-14(21)10-16(15)20)18(26,19(22,23)24)13-4-7-17-12(9-13)3-2-8-25-17/h2-11,26H,1H3. The van der Waals surface area contributed by atoms with Gasteiger partial charge in [-0.05, 0) is 41.5 Å². The maximum Gasteiger partial charge on any atom is 0.422 e. The van der Waals surface area contributed by atoms with Crippen molar-refractivity contribution in [2.45, 2.75) is 24.6 Å². The van der Waals surface area contributed by atoms with E-state index in [1.165, 1.54) is 31.3 Å². The number of alkyl halides is 3. The average Bonchev–Trinajstić information content (AvgIpc) is 2.59. The van der Waals surface area contributed by atoms with Gasteiger partial charge in [-0.15, -0.1) is 0 Å². The number of fused-ring (bicyclic) bond motifs is 1. The molecule has 3 aromatic rings. The number of aliphatic hydroxyl groups is 1. The van der Waals surface area contributed by atoms with Gasteiger partial charge in [0.25, 0.3) is 0 Å². The third-order valence-corrected chi connectivity index (χ3v) is 4.86. The molecule has 136 valence electrons. The van der Waals surface area contributed by atoms with E-state index in [2.05, 4.69) is 4.98 Å². The molecule has 2 nitrogen and oxygen atoms in total. The van der Waals surface area contributed by atoms with Crippen LogP contribution < -0.4 is 0 Å². The number of rotatable bonds is 3. The van der Waals surface area contributed by atoms with Gasteiger partial charge in [-0.1, -0.05) is 36.7 Å². The Kier molecular flexibility index (Phi) is 4.67. The number of hydrogen-bond donors (Lipinski definition) is 1. The molecule has 26 heavy (non-hydrogen) atoms. The van der Waals surface area contributed by atoms with Crippen molar-refractivity contribution in [2.75, 3.05) is 0 Å². The predicted octanol–water partition coefficient (Wildman–Crippen LogP) is 5.58. The second-order valence-corrected chi connectivity index (χ2v) is 6.47. The highest BCUT2D eigenvalue weighted by atomic mass is 35.5. The summed E-state index contributed by atoms with van der Waals surface area (Å²) in [5.41, 5.74) is -3.04. The molecule has 2 aromatic carbocycles. The Morgan fingerprint density at radius 3 is 2.46 bits per heavy atom. The zero-order chi connectivity index (χ0) is 19.1. The summed E-state index contributed by atoms with van der Waals surface area (Å²) in [6, 6.07) is 10.2. The lowest BCUT2D eigenvalue weighted by Gasteiger charge is -2.37. The van der Waals surface area contributed by atoms with Crippen molar-refractivity contribution in [3.05, 3.63) is 76.7 Å². The van der Waals surface area contributed by atoms with Crippen LogP contribution in [0.5, 0.6) is 0 Å². The molecule has 1 heterocycles. The van der Waals surface area contributed by atoms with E-state index in [1.807, 2.05) is 0 Å². The van der Waals surface area contributed by atoms with Crippen LogP contribution in [0.2, 0.25) is 5.02 Å². The summed E-state index contributed by atoms with van der Waals surface area (Å²) in [7, 11) is 0. The van der Waals surface area contributed by atoms with E-state index in [1.54, 1.807) is 12.1 Å². The molecular weight excluding hydrogens is 370 g/mol. The molecule has 0 fully saturated rings. The molecule has 0 radical (unpaired) electrons.